The van der Waals surface area contributed by atoms with E-state index in [1.54, 1.807) is 0 Å². The molecule has 1 rings (SSSR count). The maximum atomic E-state index is 5.62. The molecular formula is C14H27N5. The molecule has 0 bridgehead atoms. The lowest BCUT2D eigenvalue weighted by Gasteiger charge is -2.19. The third-order valence-corrected chi connectivity index (χ3v) is 3.10. The molecule has 1 unspecified atom stereocenters. The lowest BCUT2D eigenvalue weighted by atomic mass is 10.2. The molecule has 19 heavy (non-hydrogen) atoms. The summed E-state index contributed by atoms with van der Waals surface area (Å²) in [6.45, 7) is 8.78. The van der Waals surface area contributed by atoms with Crippen LogP contribution in [0.25, 0.3) is 0 Å². The zero-order valence-corrected chi connectivity index (χ0v) is 12.6. The Hall–Kier alpha value is -1.36. The Bertz CT molecular complexity index is 380. The highest BCUT2D eigenvalue weighted by Crippen LogP contribution is 2.15. The van der Waals surface area contributed by atoms with Crippen molar-refractivity contribution < 1.29 is 0 Å². The van der Waals surface area contributed by atoms with Crippen LogP contribution in [0, 0.1) is 12.8 Å². The number of nitrogens with two attached hydrogens (primary N) is 1. The molecule has 108 valence electrons. The van der Waals surface area contributed by atoms with Crippen LogP contribution in [0.15, 0.2) is 6.07 Å². The molecule has 0 aliphatic heterocycles. The summed E-state index contributed by atoms with van der Waals surface area (Å²) in [4.78, 5) is 11.1. The van der Waals surface area contributed by atoms with Crippen LogP contribution < -0.4 is 16.0 Å². The molecule has 0 aliphatic rings. The molecule has 0 amide bonds. The van der Waals surface area contributed by atoms with Crippen molar-refractivity contribution in [1.82, 2.24) is 9.97 Å². The largest absolute Gasteiger partial charge is 0.370 e. The average Bonchev–Trinajstić information content (AvgIpc) is 2.41. The van der Waals surface area contributed by atoms with Crippen molar-refractivity contribution in [1.29, 1.82) is 0 Å². The standard InChI is InChI=1S/C14H27N5/c1-5-6-7-19(4)14-8-13(17-12(3)18-14)16-10-11(2)9-15/h8,11H,5-7,9-10,15H2,1-4H3,(H,16,17,18). The number of aryl methyl sites for hydroxylation is 1. The first-order valence-corrected chi connectivity index (χ1v) is 7.07. The maximum absolute atomic E-state index is 5.62. The van der Waals surface area contributed by atoms with Crippen LogP contribution in [-0.2, 0) is 0 Å². The first-order valence-electron chi connectivity index (χ1n) is 7.07. The van der Waals surface area contributed by atoms with E-state index in [4.69, 9.17) is 5.73 Å². The van der Waals surface area contributed by atoms with E-state index < -0.39 is 0 Å². The van der Waals surface area contributed by atoms with Gasteiger partial charge in [-0.15, -0.1) is 0 Å². The van der Waals surface area contributed by atoms with E-state index in [1.807, 2.05) is 13.0 Å². The first kappa shape index (κ1) is 15.7. The van der Waals surface area contributed by atoms with Gasteiger partial charge in [0.05, 0.1) is 0 Å². The van der Waals surface area contributed by atoms with Crippen molar-refractivity contribution >= 4 is 11.6 Å². The van der Waals surface area contributed by atoms with E-state index in [0.29, 0.717) is 12.5 Å². The van der Waals surface area contributed by atoms with Crippen LogP contribution in [0.2, 0.25) is 0 Å². The quantitative estimate of drug-likeness (QED) is 0.753. The van der Waals surface area contributed by atoms with E-state index in [9.17, 15) is 0 Å². The second-order valence-corrected chi connectivity index (χ2v) is 5.16. The van der Waals surface area contributed by atoms with Crippen molar-refractivity contribution in [3.63, 3.8) is 0 Å². The Balaban J connectivity index is 2.70. The summed E-state index contributed by atoms with van der Waals surface area (Å²) < 4.78 is 0. The zero-order valence-electron chi connectivity index (χ0n) is 12.6. The van der Waals surface area contributed by atoms with E-state index >= 15 is 0 Å². The number of hydrogen-bond acceptors (Lipinski definition) is 5. The highest BCUT2D eigenvalue weighted by molar-refractivity contribution is 5.48. The summed E-state index contributed by atoms with van der Waals surface area (Å²) in [5, 5.41) is 3.33. The lowest BCUT2D eigenvalue weighted by Crippen LogP contribution is -2.22. The average molecular weight is 265 g/mol. The summed E-state index contributed by atoms with van der Waals surface area (Å²) in [6.07, 6.45) is 2.36. The van der Waals surface area contributed by atoms with E-state index in [-0.39, 0.29) is 0 Å². The van der Waals surface area contributed by atoms with Crippen LogP contribution in [-0.4, -0.2) is 36.6 Å². The Labute approximate surface area is 116 Å². The van der Waals surface area contributed by atoms with Gasteiger partial charge in [-0.25, -0.2) is 9.97 Å². The van der Waals surface area contributed by atoms with Gasteiger partial charge in [-0.1, -0.05) is 20.3 Å². The predicted molar refractivity (Wildman–Crippen MR) is 81.7 cm³/mol. The van der Waals surface area contributed by atoms with Crippen molar-refractivity contribution in [3.05, 3.63) is 11.9 Å². The van der Waals surface area contributed by atoms with Gasteiger partial charge < -0.3 is 16.0 Å². The topological polar surface area (TPSA) is 67.1 Å². The molecule has 0 saturated heterocycles. The minimum atomic E-state index is 0.441. The molecular weight excluding hydrogens is 238 g/mol. The fourth-order valence-electron chi connectivity index (χ4n) is 1.71. The third kappa shape index (κ3) is 5.42. The number of unbranched alkanes of at least 4 members (excludes halogenated alkanes) is 1. The second-order valence-electron chi connectivity index (χ2n) is 5.16. The van der Waals surface area contributed by atoms with Gasteiger partial charge >= 0.3 is 0 Å². The predicted octanol–water partition coefficient (Wildman–Crippen LogP) is 2.03. The number of hydrogen-bond donors (Lipinski definition) is 2. The van der Waals surface area contributed by atoms with Crippen molar-refractivity contribution in [2.45, 2.75) is 33.6 Å². The number of anilines is 2. The minimum absolute atomic E-state index is 0.441. The lowest BCUT2D eigenvalue weighted by molar-refractivity contribution is 0.626. The molecule has 3 N–H and O–H groups in total. The van der Waals surface area contributed by atoms with Gasteiger partial charge in [0, 0.05) is 26.2 Å². The Morgan fingerprint density at radius 3 is 2.79 bits per heavy atom. The molecule has 5 heteroatoms. The van der Waals surface area contributed by atoms with Crippen LogP contribution in [0.4, 0.5) is 11.6 Å². The van der Waals surface area contributed by atoms with Crippen LogP contribution in [0.5, 0.6) is 0 Å². The number of aromatic nitrogens is 2. The van der Waals surface area contributed by atoms with Gasteiger partial charge in [-0.3, -0.25) is 0 Å². The first-order chi connectivity index (χ1) is 9.06. The van der Waals surface area contributed by atoms with Gasteiger partial charge in [-0.2, -0.15) is 0 Å². The molecule has 1 aromatic rings. The summed E-state index contributed by atoms with van der Waals surface area (Å²) in [5.74, 6) is 3.09. The van der Waals surface area contributed by atoms with Gasteiger partial charge in [0.1, 0.15) is 17.5 Å². The van der Waals surface area contributed by atoms with Crippen LogP contribution in [0.3, 0.4) is 0 Å². The maximum Gasteiger partial charge on any atom is 0.134 e. The fraction of sp³-hybridized carbons (Fsp3) is 0.714. The summed E-state index contributed by atoms with van der Waals surface area (Å²) in [5.41, 5.74) is 5.62. The van der Waals surface area contributed by atoms with E-state index in [0.717, 1.165) is 30.5 Å². The van der Waals surface area contributed by atoms with Crippen LogP contribution in [0.1, 0.15) is 32.5 Å². The van der Waals surface area contributed by atoms with Gasteiger partial charge in [0.25, 0.3) is 0 Å². The summed E-state index contributed by atoms with van der Waals surface area (Å²) in [7, 11) is 2.07. The van der Waals surface area contributed by atoms with Crippen molar-refractivity contribution in [2.75, 3.05) is 36.9 Å². The van der Waals surface area contributed by atoms with Crippen molar-refractivity contribution in [2.24, 2.45) is 11.7 Å². The number of nitrogens with zero attached hydrogens (tertiary/aromatic N) is 3. The van der Waals surface area contributed by atoms with Crippen molar-refractivity contribution in [3.8, 4) is 0 Å². The molecule has 1 atom stereocenters. The molecule has 0 saturated carbocycles. The Kier molecular flexibility index (Phi) is 6.56. The van der Waals surface area contributed by atoms with Gasteiger partial charge in [0.15, 0.2) is 0 Å². The van der Waals surface area contributed by atoms with Gasteiger partial charge in [0.2, 0.25) is 0 Å². The van der Waals surface area contributed by atoms with Crippen LogP contribution >= 0.6 is 0 Å². The normalized spacial score (nSPS) is 12.3. The molecule has 0 spiro atoms. The molecule has 0 fully saturated rings. The van der Waals surface area contributed by atoms with E-state index in [2.05, 4.69) is 41.1 Å². The minimum Gasteiger partial charge on any atom is -0.370 e. The second kappa shape index (κ2) is 7.94. The highest BCUT2D eigenvalue weighted by atomic mass is 15.2. The monoisotopic (exact) mass is 265 g/mol. The smallest absolute Gasteiger partial charge is 0.134 e. The third-order valence-electron chi connectivity index (χ3n) is 3.10. The zero-order chi connectivity index (χ0) is 14.3. The fourth-order valence-corrected chi connectivity index (χ4v) is 1.71. The summed E-state index contributed by atoms with van der Waals surface area (Å²) >= 11 is 0. The Morgan fingerprint density at radius 2 is 2.16 bits per heavy atom. The molecule has 0 radical (unpaired) electrons. The number of rotatable bonds is 8. The highest BCUT2D eigenvalue weighted by Gasteiger charge is 2.07. The van der Waals surface area contributed by atoms with E-state index in [1.165, 1.54) is 12.8 Å². The SMILES string of the molecule is CCCCN(C)c1cc(NCC(C)CN)nc(C)n1. The Morgan fingerprint density at radius 1 is 1.42 bits per heavy atom. The molecule has 1 heterocycles. The molecule has 0 aromatic carbocycles. The number of nitrogens with one attached hydrogen (secondary N) is 1. The molecule has 0 aliphatic carbocycles. The van der Waals surface area contributed by atoms with Gasteiger partial charge in [-0.05, 0) is 25.8 Å². The molecule has 5 nitrogen and oxygen atoms in total. The molecule has 1 aromatic heterocycles. The summed E-state index contributed by atoms with van der Waals surface area (Å²) in [6, 6.07) is 2.01.